The summed E-state index contributed by atoms with van der Waals surface area (Å²) < 4.78 is 26.2. The van der Waals surface area contributed by atoms with Crippen LogP contribution in [0.4, 0.5) is 20.3 Å². The molecule has 3 heterocycles. The predicted octanol–water partition coefficient (Wildman–Crippen LogP) is 2.24. The Morgan fingerprint density at radius 2 is 1.95 bits per heavy atom. The van der Waals surface area contributed by atoms with E-state index in [1.807, 2.05) is 0 Å². The maximum atomic E-state index is 13.1. The average molecular weight is 303 g/mol. The topological polar surface area (TPSA) is 45.4 Å². The number of rotatable bonds is 2. The molecule has 4 nitrogen and oxygen atoms in total. The van der Waals surface area contributed by atoms with Crippen LogP contribution in [-0.2, 0) is 0 Å². The summed E-state index contributed by atoms with van der Waals surface area (Å²) in [4.78, 5) is 8.43. The maximum Gasteiger partial charge on any atom is 0.250 e. The number of aromatic nitrogens is 1. The first-order chi connectivity index (χ1) is 9.44. The van der Waals surface area contributed by atoms with Crippen LogP contribution in [0.3, 0.4) is 0 Å². The van der Waals surface area contributed by atoms with Crippen LogP contribution in [0.25, 0.3) is 0 Å². The van der Waals surface area contributed by atoms with Crippen molar-refractivity contribution < 1.29 is 8.78 Å². The summed E-state index contributed by atoms with van der Waals surface area (Å²) in [5.41, 5.74) is 6.15. The second kappa shape index (κ2) is 5.00. The molecule has 0 atom stereocenters. The number of hydrogen-bond donors (Lipinski definition) is 1. The second-order valence-electron chi connectivity index (χ2n) is 5.52. The Kier molecular flexibility index (Phi) is 3.46. The predicted molar refractivity (Wildman–Crippen MR) is 75.4 cm³/mol. The van der Waals surface area contributed by atoms with Crippen molar-refractivity contribution in [2.45, 2.75) is 24.8 Å². The summed E-state index contributed by atoms with van der Waals surface area (Å²) in [6, 6.07) is 2.00. The molecule has 1 aromatic rings. The molecule has 110 valence electrons. The minimum Gasteiger partial charge on any atom is -0.397 e. The third kappa shape index (κ3) is 2.67. The molecule has 2 aliphatic rings. The number of hydrogen-bond acceptors (Lipinski definition) is 4. The normalized spacial score (nSPS) is 23.6. The van der Waals surface area contributed by atoms with Crippen molar-refractivity contribution in [3.63, 3.8) is 0 Å². The smallest absolute Gasteiger partial charge is 0.250 e. The van der Waals surface area contributed by atoms with Gasteiger partial charge in [-0.15, -0.1) is 0 Å². The van der Waals surface area contributed by atoms with E-state index in [9.17, 15) is 8.78 Å². The highest BCUT2D eigenvalue weighted by molar-refractivity contribution is 6.33. The van der Waals surface area contributed by atoms with E-state index in [4.69, 9.17) is 17.3 Å². The minimum atomic E-state index is -2.48. The molecule has 7 heteroatoms. The third-order valence-electron chi connectivity index (χ3n) is 4.05. The van der Waals surface area contributed by atoms with Gasteiger partial charge in [-0.3, -0.25) is 4.90 Å². The molecule has 3 rings (SSSR count). The third-order valence-corrected chi connectivity index (χ3v) is 4.33. The molecular formula is C13H17ClF2N4. The number of likely N-dealkylation sites (tertiary alicyclic amines) is 1. The van der Waals surface area contributed by atoms with E-state index in [0.29, 0.717) is 29.8 Å². The highest BCUT2D eigenvalue weighted by atomic mass is 35.5. The number of alkyl halides is 2. The van der Waals surface area contributed by atoms with Gasteiger partial charge >= 0.3 is 0 Å². The first-order valence-electron chi connectivity index (χ1n) is 6.72. The lowest BCUT2D eigenvalue weighted by molar-refractivity contribution is -0.0650. The summed E-state index contributed by atoms with van der Waals surface area (Å²) >= 11 is 6.11. The van der Waals surface area contributed by atoms with Crippen LogP contribution in [0, 0.1) is 0 Å². The number of nitrogens with two attached hydrogens (primary N) is 1. The Hall–Kier alpha value is -1.14. The summed E-state index contributed by atoms with van der Waals surface area (Å²) in [5.74, 6) is -1.76. The summed E-state index contributed by atoms with van der Waals surface area (Å²) in [6.07, 6.45) is 1.50. The molecule has 0 amide bonds. The summed E-state index contributed by atoms with van der Waals surface area (Å²) in [5, 5.41) is 0.536. The number of pyridine rings is 1. The number of nitrogen functional groups attached to an aromatic ring is 1. The monoisotopic (exact) mass is 302 g/mol. The molecule has 2 N–H and O–H groups in total. The van der Waals surface area contributed by atoms with Gasteiger partial charge in [0.05, 0.1) is 16.9 Å². The summed E-state index contributed by atoms with van der Waals surface area (Å²) in [7, 11) is 0. The highest BCUT2D eigenvalue weighted by Gasteiger charge is 2.40. The van der Waals surface area contributed by atoms with Crippen molar-refractivity contribution in [2.75, 3.05) is 36.8 Å². The van der Waals surface area contributed by atoms with Gasteiger partial charge in [-0.1, -0.05) is 11.6 Å². The number of halogens is 3. The van der Waals surface area contributed by atoms with Gasteiger partial charge in [-0.2, -0.15) is 0 Å². The fourth-order valence-corrected chi connectivity index (χ4v) is 3.05. The van der Waals surface area contributed by atoms with E-state index in [-0.39, 0.29) is 12.8 Å². The fraction of sp³-hybridized carbons (Fsp3) is 0.615. The molecule has 20 heavy (non-hydrogen) atoms. The summed E-state index contributed by atoms with van der Waals surface area (Å²) in [6.45, 7) is 2.49. The van der Waals surface area contributed by atoms with Crippen molar-refractivity contribution in [3.05, 3.63) is 17.3 Å². The number of nitrogens with zero attached hydrogens (tertiary/aromatic N) is 3. The van der Waals surface area contributed by atoms with E-state index in [1.54, 1.807) is 12.3 Å². The van der Waals surface area contributed by atoms with Crippen molar-refractivity contribution >= 4 is 23.1 Å². The van der Waals surface area contributed by atoms with Crippen LogP contribution in [0.2, 0.25) is 5.02 Å². The molecule has 2 saturated heterocycles. The van der Waals surface area contributed by atoms with Crippen molar-refractivity contribution in [3.8, 4) is 0 Å². The largest absolute Gasteiger partial charge is 0.397 e. The Bertz CT molecular complexity index is 495. The standard InChI is InChI=1S/C13H17ClF2N4/c14-11-5-9(17)6-18-12(11)20-7-10(8-20)19-3-1-13(15,16)2-4-19/h5-6,10H,1-4,7-8,17H2. The van der Waals surface area contributed by atoms with E-state index in [2.05, 4.69) is 14.8 Å². The molecule has 0 radical (unpaired) electrons. The fourth-order valence-electron chi connectivity index (χ4n) is 2.75. The van der Waals surface area contributed by atoms with E-state index in [0.717, 1.165) is 18.9 Å². The lowest BCUT2D eigenvalue weighted by atomic mass is 10.0. The lowest BCUT2D eigenvalue weighted by Crippen LogP contribution is -2.61. The van der Waals surface area contributed by atoms with Gasteiger partial charge in [0.25, 0.3) is 5.92 Å². The van der Waals surface area contributed by atoms with Crippen LogP contribution in [-0.4, -0.2) is 48.0 Å². The molecular weight excluding hydrogens is 286 g/mol. The van der Waals surface area contributed by atoms with Gasteiger partial charge in [0, 0.05) is 45.1 Å². The van der Waals surface area contributed by atoms with Crippen LogP contribution in [0.1, 0.15) is 12.8 Å². The zero-order valence-corrected chi connectivity index (χ0v) is 11.8. The number of piperidine rings is 1. The van der Waals surface area contributed by atoms with Crippen LogP contribution < -0.4 is 10.6 Å². The van der Waals surface area contributed by atoms with Crippen molar-refractivity contribution in [1.82, 2.24) is 9.88 Å². The molecule has 1 aromatic heterocycles. The lowest BCUT2D eigenvalue weighted by Gasteiger charge is -2.48. The Morgan fingerprint density at radius 3 is 2.55 bits per heavy atom. The molecule has 0 spiro atoms. The maximum absolute atomic E-state index is 13.1. The van der Waals surface area contributed by atoms with Gasteiger partial charge < -0.3 is 10.6 Å². The van der Waals surface area contributed by atoms with Gasteiger partial charge in [-0.25, -0.2) is 13.8 Å². The van der Waals surface area contributed by atoms with Gasteiger partial charge in [-0.05, 0) is 6.07 Å². The second-order valence-corrected chi connectivity index (χ2v) is 5.93. The van der Waals surface area contributed by atoms with Crippen LogP contribution in [0.5, 0.6) is 0 Å². The molecule has 2 fully saturated rings. The average Bonchev–Trinajstić information content (AvgIpc) is 2.32. The Morgan fingerprint density at radius 1 is 1.30 bits per heavy atom. The van der Waals surface area contributed by atoms with Crippen LogP contribution in [0.15, 0.2) is 12.3 Å². The first kappa shape index (κ1) is 13.8. The minimum absolute atomic E-state index is 0.0373. The van der Waals surface area contributed by atoms with Gasteiger partial charge in [0.2, 0.25) is 0 Å². The zero-order chi connectivity index (χ0) is 14.3. The van der Waals surface area contributed by atoms with E-state index < -0.39 is 5.92 Å². The molecule has 2 aliphatic heterocycles. The molecule has 0 bridgehead atoms. The quantitative estimate of drug-likeness (QED) is 0.910. The molecule has 0 unspecified atom stereocenters. The van der Waals surface area contributed by atoms with Crippen LogP contribution >= 0.6 is 11.6 Å². The molecule has 0 aliphatic carbocycles. The first-order valence-corrected chi connectivity index (χ1v) is 7.10. The van der Waals surface area contributed by atoms with Gasteiger partial charge in [0.1, 0.15) is 5.82 Å². The van der Waals surface area contributed by atoms with Crippen molar-refractivity contribution in [2.24, 2.45) is 0 Å². The van der Waals surface area contributed by atoms with Crippen molar-refractivity contribution in [1.29, 1.82) is 0 Å². The Labute approximate surface area is 121 Å². The molecule has 0 aromatic carbocycles. The zero-order valence-electron chi connectivity index (χ0n) is 11.0. The SMILES string of the molecule is Nc1cnc(N2CC(N3CCC(F)(F)CC3)C2)c(Cl)c1. The Balaban J connectivity index is 1.56. The highest BCUT2D eigenvalue weighted by Crippen LogP contribution is 2.33. The molecule has 0 saturated carbocycles. The van der Waals surface area contributed by atoms with Gasteiger partial charge in [0.15, 0.2) is 0 Å². The van der Waals surface area contributed by atoms with E-state index in [1.165, 1.54) is 0 Å². The number of anilines is 2. The van der Waals surface area contributed by atoms with E-state index >= 15 is 0 Å².